The van der Waals surface area contributed by atoms with Crippen molar-refractivity contribution in [2.45, 2.75) is 37.7 Å². The number of methoxy groups -OCH3 is 4. The lowest BCUT2D eigenvalue weighted by atomic mass is 10.1. The van der Waals surface area contributed by atoms with Crippen molar-refractivity contribution < 1.29 is 37.9 Å². The van der Waals surface area contributed by atoms with Crippen molar-refractivity contribution in [2.75, 3.05) is 101 Å². The first-order valence-corrected chi connectivity index (χ1v) is 10.6. The summed E-state index contributed by atoms with van der Waals surface area (Å²) in [6.07, 6.45) is 4.39. The Kier molecular flexibility index (Phi) is 22.1. The molecule has 0 aliphatic rings. The van der Waals surface area contributed by atoms with Crippen molar-refractivity contribution in [1.82, 2.24) is 0 Å². The van der Waals surface area contributed by atoms with E-state index in [0.717, 1.165) is 38.7 Å². The van der Waals surface area contributed by atoms with Crippen molar-refractivity contribution in [1.29, 1.82) is 0 Å². The maximum atomic E-state index is 6.23. The van der Waals surface area contributed by atoms with Crippen LogP contribution in [-0.2, 0) is 37.9 Å². The lowest BCUT2D eigenvalue weighted by Gasteiger charge is -2.33. The number of ether oxygens (including phenoxy) is 8. The second kappa shape index (κ2) is 22.4. The Labute approximate surface area is 177 Å². The minimum atomic E-state index is -0.644. The number of hydrogen-bond acceptors (Lipinski definition) is 8. The zero-order valence-electron chi connectivity index (χ0n) is 19.1. The third kappa shape index (κ3) is 18.2. The molecule has 8 nitrogen and oxygen atoms in total. The van der Waals surface area contributed by atoms with Gasteiger partial charge in [0.2, 0.25) is 0 Å². The van der Waals surface area contributed by atoms with Crippen LogP contribution >= 0.6 is 0 Å². The van der Waals surface area contributed by atoms with Crippen molar-refractivity contribution in [3.63, 3.8) is 0 Å². The van der Waals surface area contributed by atoms with Gasteiger partial charge in [0.1, 0.15) is 5.60 Å². The van der Waals surface area contributed by atoms with E-state index in [1.54, 1.807) is 28.4 Å². The van der Waals surface area contributed by atoms with Crippen LogP contribution in [0.25, 0.3) is 0 Å². The normalized spacial score (nSPS) is 12.0. The zero-order chi connectivity index (χ0) is 21.5. The fourth-order valence-corrected chi connectivity index (χ4v) is 2.58. The molecule has 0 radical (unpaired) electrons. The highest BCUT2D eigenvalue weighted by molar-refractivity contribution is 4.81. The molecule has 0 amide bonds. The molecule has 0 saturated carbocycles. The first-order chi connectivity index (χ1) is 14.2. The molecule has 0 spiro atoms. The molecule has 0 aromatic carbocycles. The maximum absolute atomic E-state index is 6.23. The molecule has 0 heterocycles. The van der Waals surface area contributed by atoms with Gasteiger partial charge >= 0.3 is 0 Å². The summed E-state index contributed by atoms with van der Waals surface area (Å²) in [5.74, 6) is 0. The van der Waals surface area contributed by atoms with Crippen LogP contribution in [0, 0.1) is 0 Å². The molecule has 176 valence electrons. The monoisotopic (exact) mass is 424 g/mol. The summed E-state index contributed by atoms with van der Waals surface area (Å²) >= 11 is 0. The van der Waals surface area contributed by atoms with E-state index in [1.165, 1.54) is 0 Å². The van der Waals surface area contributed by atoms with Gasteiger partial charge in [0, 0.05) is 81.3 Å². The second-order valence-corrected chi connectivity index (χ2v) is 6.93. The van der Waals surface area contributed by atoms with E-state index in [9.17, 15) is 0 Å². The Morgan fingerprint density at radius 3 is 1.21 bits per heavy atom. The highest BCUT2D eigenvalue weighted by Crippen LogP contribution is 2.16. The average Bonchev–Trinajstić information content (AvgIpc) is 2.73. The van der Waals surface area contributed by atoms with Crippen LogP contribution < -0.4 is 0 Å². The Bertz CT molecular complexity index is 303. The summed E-state index contributed by atoms with van der Waals surface area (Å²) in [5.41, 5.74) is -0.644. The molecular weight excluding hydrogens is 380 g/mol. The van der Waals surface area contributed by atoms with Crippen LogP contribution in [0.5, 0.6) is 0 Å². The van der Waals surface area contributed by atoms with Crippen LogP contribution in [0.1, 0.15) is 32.1 Å². The highest BCUT2D eigenvalue weighted by Gasteiger charge is 2.33. The first kappa shape index (κ1) is 28.7. The molecule has 0 aliphatic carbocycles. The summed E-state index contributed by atoms with van der Waals surface area (Å²) in [6.45, 7) is 6.40. The van der Waals surface area contributed by atoms with Gasteiger partial charge in [-0.15, -0.1) is 0 Å². The molecular formula is C21H44O8. The van der Waals surface area contributed by atoms with Crippen LogP contribution in [0.2, 0.25) is 0 Å². The third-order valence-corrected chi connectivity index (χ3v) is 4.16. The summed E-state index contributed by atoms with van der Waals surface area (Å²) in [6, 6.07) is 0. The molecule has 0 rings (SSSR count). The van der Waals surface area contributed by atoms with E-state index in [1.807, 2.05) is 0 Å². The van der Waals surface area contributed by atoms with Crippen LogP contribution in [0.15, 0.2) is 0 Å². The number of rotatable bonds is 24. The average molecular weight is 425 g/mol. The minimum Gasteiger partial charge on any atom is -0.385 e. The molecule has 0 bridgehead atoms. The standard InChI is InChI=1S/C21H44O8/c1-22-10-5-6-14-26-18-21(29-17-9-13-25-4,19-27-15-7-11-23-2)20-28-16-8-12-24-3/h5-20H2,1-4H3. The summed E-state index contributed by atoms with van der Waals surface area (Å²) in [5, 5.41) is 0. The van der Waals surface area contributed by atoms with Gasteiger partial charge < -0.3 is 37.9 Å². The summed E-state index contributed by atoms with van der Waals surface area (Å²) in [4.78, 5) is 0. The molecule has 0 fully saturated rings. The van der Waals surface area contributed by atoms with Gasteiger partial charge in [-0.3, -0.25) is 0 Å². The highest BCUT2D eigenvalue weighted by atomic mass is 16.6. The van der Waals surface area contributed by atoms with Gasteiger partial charge in [0.05, 0.1) is 19.8 Å². The van der Waals surface area contributed by atoms with Gasteiger partial charge in [-0.25, -0.2) is 0 Å². The Hall–Kier alpha value is -0.320. The molecule has 0 aromatic rings. The quantitative estimate of drug-likeness (QED) is 0.219. The molecule has 29 heavy (non-hydrogen) atoms. The predicted molar refractivity (Wildman–Crippen MR) is 112 cm³/mol. The van der Waals surface area contributed by atoms with Gasteiger partial charge in [-0.1, -0.05) is 0 Å². The first-order valence-electron chi connectivity index (χ1n) is 10.6. The SMILES string of the molecule is COCCCCOCC(COCCCOC)(COCCCOC)OCCCOC. The van der Waals surface area contributed by atoms with Gasteiger partial charge in [-0.05, 0) is 32.1 Å². The molecule has 0 atom stereocenters. The van der Waals surface area contributed by atoms with E-state index in [2.05, 4.69) is 0 Å². The van der Waals surface area contributed by atoms with Gasteiger partial charge in [0.15, 0.2) is 0 Å². The summed E-state index contributed by atoms with van der Waals surface area (Å²) in [7, 11) is 6.78. The van der Waals surface area contributed by atoms with E-state index >= 15 is 0 Å². The smallest absolute Gasteiger partial charge is 0.138 e. The van der Waals surface area contributed by atoms with E-state index in [4.69, 9.17) is 37.9 Å². The molecule has 0 N–H and O–H groups in total. The Morgan fingerprint density at radius 2 is 0.759 bits per heavy atom. The van der Waals surface area contributed by atoms with Crippen LogP contribution in [0.4, 0.5) is 0 Å². The largest absolute Gasteiger partial charge is 0.385 e. The van der Waals surface area contributed by atoms with Crippen LogP contribution in [0.3, 0.4) is 0 Å². The van der Waals surface area contributed by atoms with Crippen molar-refractivity contribution in [2.24, 2.45) is 0 Å². The third-order valence-electron chi connectivity index (χ3n) is 4.16. The number of unbranched alkanes of at least 4 members (excludes halogenated alkanes) is 1. The van der Waals surface area contributed by atoms with Crippen LogP contribution in [-0.4, -0.2) is 107 Å². The minimum absolute atomic E-state index is 0.409. The molecule has 0 saturated heterocycles. The van der Waals surface area contributed by atoms with E-state index < -0.39 is 5.60 Å². The summed E-state index contributed by atoms with van der Waals surface area (Å²) < 4.78 is 44.3. The molecule has 0 aromatic heterocycles. The van der Waals surface area contributed by atoms with Crippen molar-refractivity contribution >= 4 is 0 Å². The zero-order valence-corrected chi connectivity index (χ0v) is 19.1. The molecule has 8 heteroatoms. The van der Waals surface area contributed by atoms with E-state index in [-0.39, 0.29) is 0 Å². The lowest BCUT2D eigenvalue weighted by molar-refractivity contribution is -0.169. The predicted octanol–water partition coefficient (Wildman–Crippen LogP) is 2.33. The Balaban J connectivity index is 4.66. The fraction of sp³-hybridized carbons (Fsp3) is 1.00. The van der Waals surface area contributed by atoms with E-state index in [0.29, 0.717) is 66.1 Å². The van der Waals surface area contributed by atoms with Gasteiger partial charge in [0.25, 0.3) is 0 Å². The Morgan fingerprint density at radius 1 is 0.414 bits per heavy atom. The topological polar surface area (TPSA) is 73.8 Å². The van der Waals surface area contributed by atoms with Gasteiger partial charge in [-0.2, -0.15) is 0 Å². The van der Waals surface area contributed by atoms with Crippen molar-refractivity contribution in [3.05, 3.63) is 0 Å². The second-order valence-electron chi connectivity index (χ2n) is 6.93. The molecule has 0 unspecified atom stereocenters. The number of hydrogen-bond donors (Lipinski definition) is 0. The van der Waals surface area contributed by atoms with Crippen molar-refractivity contribution in [3.8, 4) is 0 Å². The fourth-order valence-electron chi connectivity index (χ4n) is 2.58. The lowest BCUT2D eigenvalue weighted by Crippen LogP contribution is -2.48. The molecule has 0 aliphatic heterocycles. The maximum Gasteiger partial charge on any atom is 0.138 e.